The van der Waals surface area contributed by atoms with Gasteiger partial charge < -0.3 is 14.6 Å². The summed E-state index contributed by atoms with van der Waals surface area (Å²) in [7, 11) is 0. The summed E-state index contributed by atoms with van der Waals surface area (Å²) in [5, 5.41) is 17.2. The molecule has 180 valence electrons. The summed E-state index contributed by atoms with van der Waals surface area (Å²) in [4.78, 5) is 10.5. The minimum absolute atomic E-state index is 0.295. The van der Waals surface area contributed by atoms with Crippen LogP contribution in [0.5, 0.6) is 11.5 Å². The zero-order valence-electron chi connectivity index (χ0n) is 20.0. The molecule has 0 fully saturated rings. The second-order valence-electron chi connectivity index (χ2n) is 8.71. The van der Waals surface area contributed by atoms with Gasteiger partial charge in [0.05, 0.1) is 24.6 Å². The lowest BCUT2D eigenvalue weighted by atomic mass is 10.1. The fourth-order valence-electron chi connectivity index (χ4n) is 3.23. The molecule has 6 nitrogen and oxygen atoms in total. The monoisotopic (exact) mass is 454 g/mol. The second-order valence-corrected chi connectivity index (χ2v) is 8.71. The molecule has 0 unspecified atom stereocenters. The van der Waals surface area contributed by atoms with Crippen molar-refractivity contribution in [2.24, 2.45) is 16.1 Å². The van der Waals surface area contributed by atoms with Gasteiger partial charge in [-0.15, -0.1) is 0 Å². The van der Waals surface area contributed by atoms with Gasteiger partial charge in [0.1, 0.15) is 11.5 Å². The highest BCUT2D eigenvalue weighted by atomic mass is 16.5. The number of carbonyl (C=O) groups is 1. The van der Waals surface area contributed by atoms with Crippen LogP contribution in [0.1, 0.15) is 71.6 Å². The van der Waals surface area contributed by atoms with E-state index < -0.39 is 5.97 Å². The van der Waals surface area contributed by atoms with Crippen LogP contribution in [0.4, 0.5) is 11.4 Å². The predicted molar refractivity (Wildman–Crippen MR) is 132 cm³/mol. The van der Waals surface area contributed by atoms with E-state index in [0.717, 1.165) is 55.0 Å². The first-order chi connectivity index (χ1) is 16.0. The lowest BCUT2D eigenvalue weighted by molar-refractivity contribution is -0.137. The summed E-state index contributed by atoms with van der Waals surface area (Å²) in [5.74, 6) is 1.50. The molecule has 0 saturated carbocycles. The fraction of sp³-hybridized carbons (Fsp3) is 0.519. The molecule has 1 N–H and O–H groups in total. The largest absolute Gasteiger partial charge is 0.494 e. The average molecular weight is 455 g/mol. The predicted octanol–water partition coefficient (Wildman–Crippen LogP) is 8.11. The zero-order valence-corrected chi connectivity index (χ0v) is 20.0. The van der Waals surface area contributed by atoms with E-state index in [-0.39, 0.29) is 0 Å². The van der Waals surface area contributed by atoms with Crippen LogP contribution in [-0.4, -0.2) is 24.3 Å². The molecule has 2 aromatic rings. The number of azo groups is 1. The van der Waals surface area contributed by atoms with Crippen molar-refractivity contribution in [3.8, 4) is 11.5 Å². The molecule has 0 amide bonds. The van der Waals surface area contributed by atoms with Crippen molar-refractivity contribution in [3.63, 3.8) is 0 Å². The van der Waals surface area contributed by atoms with Gasteiger partial charge in [0.25, 0.3) is 0 Å². The minimum Gasteiger partial charge on any atom is -0.494 e. The third kappa shape index (κ3) is 12.7. The number of carboxylic acids is 1. The molecular formula is C27H38N2O4. The molecule has 0 aliphatic carbocycles. The highest BCUT2D eigenvalue weighted by Crippen LogP contribution is 2.23. The third-order valence-corrected chi connectivity index (χ3v) is 5.09. The Morgan fingerprint density at radius 2 is 1.18 bits per heavy atom. The van der Waals surface area contributed by atoms with Crippen LogP contribution in [0.3, 0.4) is 0 Å². The number of ether oxygens (including phenoxy) is 2. The van der Waals surface area contributed by atoms with Gasteiger partial charge in [0.2, 0.25) is 0 Å². The molecule has 33 heavy (non-hydrogen) atoms. The molecule has 2 rings (SSSR count). The maximum Gasteiger partial charge on any atom is 0.303 e. The number of aliphatic carboxylic acids is 1. The van der Waals surface area contributed by atoms with E-state index >= 15 is 0 Å². The number of carboxylic acid groups (broad SMARTS) is 1. The van der Waals surface area contributed by atoms with Crippen LogP contribution in [-0.2, 0) is 4.79 Å². The van der Waals surface area contributed by atoms with Gasteiger partial charge >= 0.3 is 5.97 Å². The summed E-state index contributed by atoms with van der Waals surface area (Å²) in [6.07, 6.45) is 9.03. The lowest BCUT2D eigenvalue weighted by Gasteiger charge is -2.08. The van der Waals surface area contributed by atoms with Crippen molar-refractivity contribution >= 4 is 17.3 Å². The molecule has 0 aliphatic heterocycles. The Bertz CT molecular complexity index is 817. The fourth-order valence-corrected chi connectivity index (χ4v) is 3.23. The quantitative estimate of drug-likeness (QED) is 0.193. The van der Waals surface area contributed by atoms with E-state index in [1.54, 1.807) is 0 Å². The van der Waals surface area contributed by atoms with Crippen molar-refractivity contribution in [3.05, 3.63) is 48.5 Å². The van der Waals surface area contributed by atoms with Gasteiger partial charge in [0.15, 0.2) is 0 Å². The van der Waals surface area contributed by atoms with E-state index in [0.29, 0.717) is 25.6 Å². The van der Waals surface area contributed by atoms with Crippen LogP contribution in [0.2, 0.25) is 0 Å². The molecule has 0 aliphatic rings. The Balaban J connectivity index is 1.57. The minimum atomic E-state index is -0.692. The van der Waals surface area contributed by atoms with Gasteiger partial charge in [-0.3, -0.25) is 4.79 Å². The first-order valence-electron chi connectivity index (χ1n) is 12.1. The molecule has 0 radical (unpaired) electrons. The number of nitrogens with zero attached hydrogens (tertiary/aromatic N) is 2. The summed E-state index contributed by atoms with van der Waals surface area (Å²) in [6, 6.07) is 15.3. The van der Waals surface area contributed by atoms with E-state index in [1.807, 2.05) is 48.5 Å². The zero-order chi connectivity index (χ0) is 23.7. The Morgan fingerprint density at radius 3 is 1.67 bits per heavy atom. The first kappa shape index (κ1) is 26.4. The molecule has 0 saturated heterocycles. The Labute approximate surface area is 198 Å². The van der Waals surface area contributed by atoms with Crippen molar-refractivity contribution in [1.82, 2.24) is 0 Å². The lowest BCUT2D eigenvalue weighted by Crippen LogP contribution is -2.03. The SMILES string of the molecule is CC(C)COc1ccc(N=Nc2ccc(OCCCCCCCCCCC(=O)O)cc2)cc1. The van der Waals surface area contributed by atoms with Crippen LogP contribution >= 0.6 is 0 Å². The Kier molecular flexibility index (Phi) is 12.7. The number of hydrogen-bond acceptors (Lipinski definition) is 5. The van der Waals surface area contributed by atoms with Crippen LogP contribution in [0, 0.1) is 5.92 Å². The van der Waals surface area contributed by atoms with Crippen molar-refractivity contribution < 1.29 is 19.4 Å². The Morgan fingerprint density at radius 1 is 0.727 bits per heavy atom. The Hall–Kier alpha value is -2.89. The number of benzene rings is 2. The topological polar surface area (TPSA) is 80.5 Å². The normalized spacial score (nSPS) is 11.2. The molecule has 6 heteroatoms. The summed E-state index contributed by atoms with van der Waals surface area (Å²) in [6.45, 7) is 5.66. The molecule has 0 heterocycles. The molecule has 0 bridgehead atoms. The summed E-state index contributed by atoms with van der Waals surface area (Å²) >= 11 is 0. The average Bonchev–Trinajstić information content (AvgIpc) is 2.81. The van der Waals surface area contributed by atoms with Crippen molar-refractivity contribution in [1.29, 1.82) is 0 Å². The van der Waals surface area contributed by atoms with E-state index in [1.165, 1.54) is 19.3 Å². The van der Waals surface area contributed by atoms with Gasteiger partial charge in [-0.2, -0.15) is 10.2 Å². The highest BCUT2D eigenvalue weighted by Gasteiger charge is 1.99. The maximum atomic E-state index is 10.5. The molecule has 2 aromatic carbocycles. The second kappa shape index (κ2) is 15.8. The third-order valence-electron chi connectivity index (χ3n) is 5.09. The van der Waals surface area contributed by atoms with Crippen molar-refractivity contribution in [2.75, 3.05) is 13.2 Å². The molecular weight excluding hydrogens is 416 g/mol. The highest BCUT2D eigenvalue weighted by molar-refractivity contribution is 5.66. The molecule has 0 aromatic heterocycles. The van der Waals surface area contributed by atoms with Crippen LogP contribution in [0.25, 0.3) is 0 Å². The van der Waals surface area contributed by atoms with E-state index in [9.17, 15) is 4.79 Å². The maximum absolute atomic E-state index is 10.5. The number of rotatable bonds is 17. The number of unbranched alkanes of at least 4 members (excludes halogenated alkanes) is 7. The number of hydrogen-bond donors (Lipinski definition) is 1. The molecule has 0 atom stereocenters. The molecule has 0 spiro atoms. The summed E-state index contributed by atoms with van der Waals surface area (Å²) in [5.41, 5.74) is 1.57. The standard InChI is InChI=1S/C27H38N2O4/c1-22(2)21-33-26-18-14-24(15-19-26)29-28-23-12-16-25(17-13-23)32-20-10-8-6-4-3-5-7-9-11-27(30)31/h12-19,22H,3-11,20-21H2,1-2H3,(H,30,31). The first-order valence-corrected chi connectivity index (χ1v) is 12.1. The van der Waals surface area contributed by atoms with E-state index in [4.69, 9.17) is 14.6 Å². The van der Waals surface area contributed by atoms with Gasteiger partial charge in [0, 0.05) is 6.42 Å². The summed E-state index contributed by atoms with van der Waals surface area (Å²) < 4.78 is 11.5. The van der Waals surface area contributed by atoms with Gasteiger partial charge in [-0.1, -0.05) is 52.4 Å². The van der Waals surface area contributed by atoms with Gasteiger partial charge in [-0.05, 0) is 67.3 Å². The van der Waals surface area contributed by atoms with Crippen LogP contribution in [0.15, 0.2) is 58.8 Å². The smallest absolute Gasteiger partial charge is 0.303 e. The van der Waals surface area contributed by atoms with Crippen molar-refractivity contribution in [2.45, 2.75) is 71.6 Å². The van der Waals surface area contributed by atoms with E-state index in [2.05, 4.69) is 24.1 Å². The van der Waals surface area contributed by atoms with Gasteiger partial charge in [-0.25, -0.2) is 0 Å². The van der Waals surface area contributed by atoms with Crippen LogP contribution < -0.4 is 9.47 Å².